The van der Waals surface area contributed by atoms with Crippen molar-refractivity contribution in [2.45, 2.75) is 69.7 Å². The number of halogens is 4. The monoisotopic (exact) mass is 620 g/mol. The lowest BCUT2D eigenvalue weighted by molar-refractivity contribution is -0.887. The maximum absolute atomic E-state index is 14.4. The first-order valence-corrected chi connectivity index (χ1v) is 15.1. The molecule has 0 bridgehead atoms. The Morgan fingerprint density at radius 1 is 1.05 bits per heavy atom. The molecular formula is C32H36F4N2O6. The number of hydrogen-bond acceptors (Lipinski definition) is 5. The summed E-state index contributed by atoms with van der Waals surface area (Å²) in [4.78, 5) is 22.3. The van der Waals surface area contributed by atoms with Gasteiger partial charge in [-0.2, -0.15) is 13.2 Å². The summed E-state index contributed by atoms with van der Waals surface area (Å²) in [5.41, 5.74) is 4.32. The van der Waals surface area contributed by atoms with Gasteiger partial charge in [0.15, 0.2) is 0 Å². The van der Waals surface area contributed by atoms with Crippen molar-refractivity contribution in [1.82, 2.24) is 4.57 Å². The van der Waals surface area contributed by atoms with Gasteiger partial charge >= 0.3 is 12.1 Å². The number of aliphatic carboxylic acids is 1. The zero-order valence-electron chi connectivity index (χ0n) is 24.3. The normalized spacial score (nSPS) is 19.2. The molecule has 1 aromatic heterocycles. The quantitative estimate of drug-likeness (QED) is 0.405. The largest absolute Gasteiger partial charge is 0.542 e. The number of fused-ring (bicyclic) bond motifs is 5. The number of aromatic carboxylic acids is 1. The van der Waals surface area contributed by atoms with E-state index in [0.717, 1.165) is 41.5 Å². The predicted octanol–water partition coefficient (Wildman–Crippen LogP) is 3.95. The number of quaternary nitrogens is 1. The topological polar surface area (TPSA) is 105 Å². The highest BCUT2D eigenvalue weighted by atomic mass is 19.4. The summed E-state index contributed by atoms with van der Waals surface area (Å²) < 4.78 is 60.8. The summed E-state index contributed by atoms with van der Waals surface area (Å²) in [6.07, 6.45) is 2.94. The highest BCUT2D eigenvalue weighted by Gasteiger charge is 2.32. The third-order valence-electron chi connectivity index (χ3n) is 8.73. The molecule has 2 aliphatic heterocycles. The first-order valence-electron chi connectivity index (χ1n) is 15.1. The van der Waals surface area contributed by atoms with E-state index in [1.165, 1.54) is 62.9 Å². The van der Waals surface area contributed by atoms with E-state index < -0.39 is 18.1 Å². The van der Waals surface area contributed by atoms with Crippen LogP contribution in [0.2, 0.25) is 0 Å². The minimum atomic E-state index is -5.19. The Morgan fingerprint density at radius 2 is 1.75 bits per heavy atom. The Balaban J connectivity index is 0.000000493. The SMILES string of the molecule is O=C(O)c1ccc2c(C3CCCCC3)c3n(c2c1)C[C@H](OCC[NH+]1CCCC1)COc1cc(F)ccc1-3.O=C([O-])C(F)(F)F. The molecule has 12 heteroatoms. The lowest BCUT2D eigenvalue weighted by Crippen LogP contribution is -3.10. The summed E-state index contributed by atoms with van der Waals surface area (Å²) in [5.74, 6) is -3.37. The van der Waals surface area contributed by atoms with E-state index in [1.807, 2.05) is 12.1 Å². The Hall–Kier alpha value is -3.64. The highest BCUT2D eigenvalue weighted by molar-refractivity contribution is 5.98. The summed E-state index contributed by atoms with van der Waals surface area (Å²) in [5, 5.41) is 19.6. The van der Waals surface area contributed by atoms with E-state index >= 15 is 0 Å². The van der Waals surface area contributed by atoms with Gasteiger partial charge in [-0.15, -0.1) is 0 Å². The number of rotatable bonds is 6. The van der Waals surface area contributed by atoms with E-state index in [4.69, 9.17) is 19.4 Å². The number of aromatic nitrogens is 1. The first kappa shape index (κ1) is 31.8. The van der Waals surface area contributed by atoms with Crippen LogP contribution in [0, 0.1) is 5.82 Å². The second-order valence-corrected chi connectivity index (χ2v) is 11.7. The zero-order chi connectivity index (χ0) is 31.4. The molecule has 1 aliphatic carbocycles. The Morgan fingerprint density at radius 3 is 2.41 bits per heavy atom. The van der Waals surface area contributed by atoms with Crippen LogP contribution in [0.15, 0.2) is 36.4 Å². The van der Waals surface area contributed by atoms with Gasteiger partial charge in [0.2, 0.25) is 0 Å². The van der Waals surface area contributed by atoms with Crippen LogP contribution in [-0.2, 0) is 16.1 Å². The van der Waals surface area contributed by atoms with Crippen molar-refractivity contribution in [3.05, 3.63) is 53.3 Å². The molecule has 2 fully saturated rings. The molecule has 1 saturated heterocycles. The van der Waals surface area contributed by atoms with Crippen LogP contribution in [0.1, 0.15) is 66.8 Å². The van der Waals surface area contributed by atoms with Gasteiger partial charge in [0.25, 0.3) is 0 Å². The second kappa shape index (κ2) is 13.6. The minimum Gasteiger partial charge on any atom is -0.542 e. The van der Waals surface area contributed by atoms with E-state index in [0.29, 0.717) is 31.4 Å². The van der Waals surface area contributed by atoms with Gasteiger partial charge in [0.1, 0.15) is 36.8 Å². The molecule has 0 spiro atoms. The van der Waals surface area contributed by atoms with Crippen LogP contribution in [0.25, 0.3) is 22.2 Å². The van der Waals surface area contributed by atoms with E-state index in [9.17, 15) is 27.5 Å². The predicted molar refractivity (Wildman–Crippen MR) is 151 cm³/mol. The fourth-order valence-electron chi connectivity index (χ4n) is 6.64. The molecule has 3 heterocycles. The summed E-state index contributed by atoms with van der Waals surface area (Å²) in [7, 11) is 0. The molecule has 6 rings (SSSR count). The van der Waals surface area contributed by atoms with Gasteiger partial charge in [0.05, 0.1) is 37.5 Å². The third-order valence-corrected chi connectivity index (χ3v) is 8.73. The molecule has 1 atom stereocenters. The lowest BCUT2D eigenvalue weighted by Gasteiger charge is -2.28. The third kappa shape index (κ3) is 7.18. The fourth-order valence-corrected chi connectivity index (χ4v) is 6.64. The summed E-state index contributed by atoms with van der Waals surface area (Å²) >= 11 is 0. The van der Waals surface area contributed by atoms with Crippen molar-refractivity contribution < 1.29 is 51.7 Å². The number of carboxylic acid groups (broad SMARTS) is 2. The van der Waals surface area contributed by atoms with Crippen LogP contribution >= 0.6 is 0 Å². The van der Waals surface area contributed by atoms with E-state index in [1.54, 1.807) is 17.0 Å². The van der Waals surface area contributed by atoms with Crippen molar-refractivity contribution >= 4 is 22.8 Å². The summed E-state index contributed by atoms with van der Waals surface area (Å²) in [6.45, 7) is 4.90. The summed E-state index contributed by atoms with van der Waals surface area (Å²) in [6, 6.07) is 10.3. The number of benzene rings is 2. The number of ether oxygens (including phenoxy) is 2. The highest BCUT2D eigenvalue weighted by Crippen LogP contribution is 2.47. The molecule has 2 aromatic carbocycles. The van der Waals surface area contributed by atoms with Gasteiger partial charge in [-0.25, -0.2) is 9.18 Å². The average molecular weight is 621 g/mol. The number of nitrogens with one attached hydrogen (secondary N) is 1. The molecular weight excluding hydrogens is 584 g/mol. The smallest absolute Gasteiger partial charge is 0.430 e. The zero-order valence-corrected chi connectivity index (χ0v) is 24.3. The van der Waals surface area contributed by atoms with Gasteiger partial charge in [-0.1, -0.05) is 25.3 Å². The first-order chi connectivity index (χ1) is 21.0. The molecule has 0 unspecified atom stereocenters. The second-order valence-electron chi connectivity index (χ2n) is 11.7. The average Bonchev–Trinajstić information content (AvgIpc) is 3.61. The standard InChI is InChI=1S/C30H35FN2O4.C2HF3O2/c31-22-9-11-25-27(17-22)37-19-23(36-15-14-32-12-4-5-13-32)18-33-26-16-21(30(34)35)8-10-24(26)28(29(25)33)20-6-2-1-3-7-20;3-2(4,5)1(6)7/h8-11,16-17,20,23H,1-7,12-15,18-19H2,(H,34,35);(H,6,7)/t23-;/m0./s1. The molecule has 0 radical (unpaired) electrons. The number of alkyl halides is 3. The number of nitrogens with zero attached hydrogens (tertiary/aromatic N) is 1. The number of hydrogen-bond donors (Lipinski definition) is 2. The van der Waals surface area contributed by atoms with Gasteiger partial charge in [-0.05, 0) is 48.6 Å². The molecule has 0 amide bonds. The van der Waals surface area contributed by atoms with E-state index in [2.05, 4.69) is 4.57 Å². The lowest BCUT2D eigenvalue weighted by atomic mass is 9.81. The van der Waals surface area contributed by atoms with Crippen molar-refractivity contribution in [2.24, 2.45) is 0 Å². The van der Waals surface area contributed by atoms with Gasteiger partial charge in [0, 0.05) is 35.4 Å². The van der Waals surface area contributed by atoms with Crippen molar-refractivity contribution in [3.8, 4) is 17.0 Å². The van der Waals surface area contributed by atoms with E-state index in [-0.39, 0.29) is 17.5 Å². The van der Waals surface area contributed by atoms with Crippen LogP contribution in [0.3, 0.4) is 0 Å². The molecule has 1 saturated carbocycles. The maximum Gasteiger partial charge on any atom is 0.430 e. The minimum absolute atomic E-state index is 0.222. The number of carbonyl (C=O) groups is 2. The number of carboxylic acids is 2. The Bertz CT molecular complexity index is 1490. The van der Waals surface area contributed by atoms with Gasteiger partial charge in [-0.3, -0.25) is 0 Å². The van der Waals surface area contributed by atoms with Crippen LogP contribution in [0.4, 0.5) is 17.6 Å². The van der Waals surface area contributed by atoms with Crippen molar-refractivity contribution in [1.29, 1.82) is 0 Å². The molecule has 3 aliphatic rings. The van der Waals surface area contributed by atoms with Crippen molar-refractivity contribution in [3.63, 3.8) is 0 Å². The molecule has 3 aromatic rings. The molecule has 44 heavy (non-hydrogen) atoms. The number of carbonyl (C=O) groups excluding carboxylic acids is 1. The van der Waals surface area contributed by atoms with Crippen LogP contribution in [0.5, 0.6) is 5.75 Å². The molecule has 2 N–H and O–H groups in total. The number of likely N-dealkylation sites (tertiary alicyclic amines) is 1. The molecule has 8 nitrogen and oxygen atoms in total. The molecule has 238 valence electrons. The Kier molecular flexibility index (Phi) is 9.79. The van der Waals surface area contributed by atoms with Gasteiger partial charge < -0.3 is 33.9 Å². The van der Waals surface area contributed by atoms with Crippen LogP contribution < -0.4 is 14.7 Å². The van der Waals surface area contributed by atoms with Crippen LogP contribution in [-0.4, -0.2) is 66.7 Å². The maximum atomic E-state index is 14.4. The fraction of sp³-hybridized carbons (Fsp3) is 0.500. The Labute approximate surface area is 252 Å². The van der Waals surface area contributed by atoms with Crippen molar-refractivity contribution in [2.75, 3.05) is 32.8 Å².